The van der Waals surface area contributed by atoms with E-state index in [9.17, 15) is 15.0 Å². The fraction of sp³-hybridized carbons (Fsp3) is 0.625. The van der Waals surface area contributed by atoms with Crippen molar-refractivity contribution in [3.8, 4) is 0 Å². The van der Waals surface area contributed by atoms with Crippen molar-refractivity contribution in [1.82, 2.24) is 30.6 Å². The van der Waals surface area contributed by atoms with E-state index in [1.54, 1.807) is 0 Å². The molecule has 2 aromatic rings. The number of nitrogens with zero attached hydrogens (tertiary/aromatic N) is 3. The first kappa shape index (κ1) is 18.0. The summed E-state index contributed by atoms with van der Waals surface area (Å²) in [5.41, 5.74) is 1.09. The molecule has 0 aliphatic carbocycles. The number of aromatic nitrogens is 4. The van der Waals surface area contributed by atoms with Gasteiger partial charge >= 0.3 is 0 Å². The molecule has 11 heteroatoms. The molecule has 5 atom stereocenters. The smallest absolute Gasteiger partial charge is 0.237 e. The number of aromatic amines is 1. The van der Waals surface area contributed by atoms with Gasteiger partial charge in [-0.05, 0) is 19.4 Å². The van der Waals surface area contributed by atoms with E-state index >= 15 is 0 Å². The largest absolute Gasteiger partial charge is 0.394 e. The van der Waals surface area contributed by atoms with Crippen LogP contribution in [0.4, 0.5) is 5.82 Å². The summed E-state index contributed by atoms with van der Waals surface area (Å²) in [6, 6.07) is -0.706. The topological polar surface area (TPSA) is 157 Å². The van der Waals surface area contributed by atoms with Gasteiger partial charge in [0.1, 0.15) is 24.1 Å². The van der Waals surface area contributed by atoms with Crippen LogP contribution >= 0.6 is 0 Å². The number of imidazole rings is 1. The number of fused-ring (bicyclic) bond motifs is 1. The Kier molecular flexibility index (Phi) is 5.16. The number of hydrogen-bond donors (Lipinski definition) is 6. The minimum absolute atomic E-state index is 0.131. The zero-order valence-corrected chi connectivity index (χ0v) is 14.6. The van der Waals surface area contributed by atoms with Crippen LogP contribution in [0.25, 0.3) is 11.2 Å². The highest BCUT2D eigenvalue weighted by atomic mass is 16.5. The second kappa shape index (κ2) is 7.72. The highest BCUT2D eigenvalue weighted by Crippen LogP contribution is 2.24. The zero-order chi connectivity index (χ0) is 18.8. The van der Waals surface area contributed by atoms with E-state index in [1.807, 2.05) is 0 Å². The van der Waals surface area contributed by atoms with Gasteiger partial charge in [0.15, 0.2) is 17.7 Å². The first-order valence-corrected chi connectivity index (χ1v) is 9.04. The van der Waals surface area contributed by atoms with Crippen LogP contribution in [0, 0.1) is 0 Å². The van der Waals surface area contributed by atoms with Gasteiger partial charge in [0, 0.05) is 6.42 Å². The fourth-order valence-electron chi connectivity index (χ4n) is 3.56. The van der Waals surface area contributed by atoms with E-state index < -0.39 is 24.5 Å². The van der Waals surface area contributed by atoms with E-state index in [0.717, 1.165) is 19.4 Å². The second-order valence-corrected chi connectivity index (χ2v) is 6.81. The predicted octanol–water partition coefficient (Wildman–Crippen LogP) is -1.53. The van der Waals surface area contributed by atoms with E-state index in [1.165, 1.54) is 12.7 Å². The molecule has 0 radical (unpaired) electrons. The minimum atomic E-state index is -0.900. The van der Waals surface area contributed by atoms with E-state index in [2.05, 4.69) is 35.9 Å². The molecular weight excluding hydrogens is 354 g/mol. The first-order chi connectivity index (χ1) is 13.2. The maximum absolute atomic E-state index is 12.3. The third kappa shape index (κ3) is 3.72. The molecule has 6 N–H and O–H groups in total. The average Bonchev–Trinajstić information content (AvgIpc) is 3.35. The SMILES string of the molecule is O=C(N[C@@H]1C[C@H](O)[C@H](Nc2ncnc3nc[nH]c23)O[C@H]1CO)[C@H]1CCCN1. The number of ether oxygens (including phenoxy) is 1. The summed E-state index contributed by atoms with van der Waals surface area (Å²) in [5, 5.41) is 29.3. The Morgan fingerprint density at radius 1 is 1.37 bits per heavy atom. The molecule has 146 valence electrons. The standard InChI is InChI=1S/C16H23N7O4/c24-5-11-9(22-15(26)8-2-1-3-17-8)4-10(25)16(27-11)23-14-12-13(19-6-18-12)20-7-21-14/h6-11,16-17,24-25H,1-5H2,(H,22,26)(H2,18,19,20,21,23)/t8-,9-,10+,11+,16-/m1/s1. The molecule has 2 saturated heterocycles. The Morgan fingerprint density at radius 3 is 3.04 bits per heavy atom. The van der Waals surface area contributed by atoms with Crippen LogP contribution in [0.15, 0.2) is 12.7 Å². The summed E-state index contributed by atoms with van der Waals surface area (Å²) >= 11 is 0. The van der Waals surface area contributed by atoms with Crippen molar-refractivity contribution in [2.45, 2.75) is 49.8 Å². The maximum Gasteiger partial charge on any atom is 0.237 e. The van der Waals surface area contributed by atoms with Crippen molar-refractivity contribution in [1.29, 1.82) is 0 Å². The van der Waals surface area contributed by atoms with E-state index in [-0.39, 0.29) is 25.0 Å². The van der Waals surface area contributed by atoms with Crippen LogP contribution in [0.1, 0.15) is 19.3 Å². The summed E-state index contributed by atoms with van der Waals surface area (Å²) in [5.74, 6) is 0.309. The van der Waals surface area contributed by atoms with Crippen molar-refractivity contribution in [2.24, 2.45) is 0 Å². The van der Waals surface area contributed by atoms with E-state index in [4.69, 9.17) is 4.74 Å². The highest BCUT2D eigenvalue weighted by Gasteiger charge is 2.39. The molecular formula is C16H23N7O4. The number of hydrogen-bond acceptors (Lipinski definition) is 9. The molecule has 2 aliphatic rings. The summed E-state index contributed by atoms with van der Waals surface area (Å²) in [7, 11) is 0. The number of anilines is 1. The molecule has 0 aromatic carbocycles. The molecule has 11 nitrogen and oxygen atoms in total. The normalized spacial score (nSPS) is 31.1. The molecule has 0 saturated carbocycles. The van der Waals surface area contributed by atoms with Gasteiger partial charge in [-0.25, -0.2) is 15.0 Å². The number of rotatable bonds is 5. The van der Waals surface area contributed by atoms with Crippen molar-refractivity contribution in [3.05, 3.63) is 12.7 Å². The molecule has 2 aromatic heterocycles. The van der Waals surface area contributed by atoms with Crippen molar-refractivity contribution < 1.29 is 19.7 Å². The summed E-state index contributed by atoms with van der Waals surface area (Å²) in [6.07, 6.45) is 2.52. The van der Waals surface area contributed by atoms with E-state index in [0.29, 0.717) is 17.0 Å². The maximum atomic E-state index is 12.3. The minimum Gasteiger partial charge on any atom is -0.394 e. The number of carbonyl (C=O) groups excluding carboxylic acids is 1. The van der Waals surface area contributed by atoms with Crippen molar-refractivity contribution in [3.63, 3.8) is 0 Å². The van der Waals surface area contributed by atoms with Crippen molar-refractivity contribution >= 4 is 22.9 Å². The third-order valence-electron chi connectivity index (χ3n) is 5.00. The van der Waals surface area contributed by atoms with Gasteiger partial charge < -0.3 is 35.9 Å². The Balaban J connectivity index is 1.43. The number of nitrogens with one attached hydrogen (secondary N) is 4. The van der Waals surface area contributed by atoms with Crippen molar-refractivity contribution in [2.75, 3.05) is 18.5 Å². The third-order valence-corrected chi connectivity index (χ3v) is 5.00. The Labute approximate surface area is 154 Å². The molecule has 27 heavy (non-hydrogen) atoms. The Morgan fingerprint density at radius 2 is 2.26 bits per heavy atom. The number of aliphatic hydroxyl groups is 2. The number of H-pyrrole nitrogens is 1. The molecule has 0 spiro atoms. The van der Waals surface area contributed by atoms with Gasteiger partial charge in [0.05, 0.1) is 25.0 Å². The fourth-order valence-corrected chi connectivity index (χ4v) is 3.56. The summed E-state index contributed by atoms with van der Waals surface area (Å²) in [6.45, 7) is 0.537. The monoisotopic (exact) mass is 377 g/mol. The number of carbonyl (C=O) groups is 1. The lowest BCUT2D eigenvalue weighted by Gasteiger charge is -2.39. The first-order valence-electron chi connectivity index (χ1n) is 9.04. The van der Waals surface area contributed by atoms with Gasteiger partial charge in [-0.2, -0.15) is 0 Å². The van der Waals surface area contributed by atoms with Gasteiger partial charge in [-0.3, -0.25) is 4.79 Å². The van der Waals surface area contributed by atoms with Gasteiger partial charge in [-0.15, -0.1) is 0 Å². The lowest BCUT2D eigenvalue weighted by molar-refractivity contribution is -0.143. The molecule has 0 bridgehead atoms. The highest BCUT2D eigenvalue weighted by molar-refractivity contribution is 5.83. The van der Waals surface area contributed by atoms with Crippen LogP contribution in [-0.2, 0) is 9.53 Å². The quantitative estimate of drug-likeness (QED) is 0.364. The van der Waals surface area contributed by atoms with Crippen LogP contribution in [0.2, 0.25) is 0 Å². The molecule has 2 fully saturated rings. The second-order valence-electron chi connectivity index (χ2n) is 6.81. The number of aliphatic hydroxyl groups excluding tert-OH is 2. The molecule has 4 rings (SSSR count). The number of amides is 1. The lowest BCUT2D eigenvalue weighted by atomic mass is 9.98. The molecule has 0 unspecified atom stereocenters. The van der Waals surface area contributed by atoms with Crippen LogP contribution < -0.4 is 16.0 Å². The zero-order valence-electron chi connectivity index (χ0n) is 14.6. The van der Waals surface area contributed by atoms with Crippen LogP contribution in [-0.4, -0.2) is 79.7 Å². The van der Waals surface area contributed by atoms with Crippen LogP contribution in [0.5, 0.6) is 0 Å². The molecule has 1 amide bonds. The summed E-state index contributed by atoms with van der Waals surface area (Å²) < 4.78 is 5.81. The molecule has 4 heterocycles. The summed E-state index contributed by atoms with van der Waals surface area (Å²) in [4.78, 5) is 27.5. The average molecular weight is 377 g/mol. The lowest BCUT2D eigenvalue weighted by Crippen LogP contribution is -2.59. The molecule has 2 aliphatic heterocycles. The van der Waals surface area contributed by atoms with Gasteiger partial charge in [-0.1, -0.05) is 0 Å². The Hall–Kier alpha value is -2.34. The Bertz CT molecular complexity index is 794. The van der Waals surface area contributed by atoms with Gasteiger partial charge in [0.2, 0.25) is 5.91 Å². The predicted molar refractivity (Wildman–Crippen MR) is 94.6 cm³/mol. The van der Waals surface area contributed by atoms with Gasteiger partial charge in [0.25, 0.3) is 0 Å². The van der Waals surface area contributed by atoms with Crippen LogP contribution in [0.3, 0.4) is 0 Å².